The second-order valence-corrected chi connectivity index (χ2v) is 8.56. The number of carbonyl (C=O) groups is 3. The van der Waals surface area contributed by atoms with Gasteiger partial charge in [-0.25, -0.2) is 14.4 Å². The molecule has 0 spiro atoms. The smallest absolute Gasteiger partial charge is 0.342 e. The van der Waals surface area contributed by atoms with Crippen molar-refractivity contribution in [3.63, 3.8) is 0 Å². The summed E-state index contributed by atoms with van der Waals surface area (Å²) < 4.78 is 23.0. The van der Waals surface area contributed by atoms with Crippen molar-refractivity contribution >= 4 is 34.7 Å². The van der Waals surface area contributed by atoms with E-state index in [1.807, 2.05) is 30.3 Å². The molecule has 0 unspecified atom stereocenters. The van der Waals surface area contributed by atoms with Gasteiger partial charge < -0.3 is 24.1 Å². The molecule has 2 heterocycles. The zero-order chi connectivity index (χ0) is 29.7. The molecule has 0 radical (unpaired) electrons. The lowest BCUT2D eigenvalue weighted by molar-refractivity contribution is -0.662. The van der Waals surface area contributed by atoms with E-state index in [-0.39, 0.29) is 27.7 Å². The van der Waals surface area contributed by atoms with Gasteiger partial charge in [0.1, 0.15) is 5.57 Å². The lowest BCUT2D eigenvalue weighted by atomic mass is 9.97. The number of methoxy groups -OCH3 is 4. The summed E-state index contributed by atoms with van der Waals surface area (Å²) in [5.41, 5.74) is 1.57. The van der Waals surface area contributed by atoms with Gasteiger partial charge in [0, 0.05) is 18.6 Å². The maximum Gasteiger partial charge on any atom is 0.342 e. The Bertz CT molecular complexity index is 1740. The number of aryl methyl sites for hydroxylation is 1. The van der Waals surface area contributed by atoms with E-state index in [9.17, 15) is 19.5 Å². The van der Waals surface area contributed by atoms with Crippen LogP contribution in [0.2, 0.25) is 0 Å². The maximum atomic E-state index is 13.3. The highest BCUT2D eigenvalue weighted by Crippen LogP contribution is 2.31. The molecule has 0 saturated heterocycles. The zero-order valence-corrected chi connectivity index (χ0v) is 23.0. The van der Waals surface area contributed by atoms with Crippen LogP contribution in [0.5, 0.6) is 0 Å². The summed E-state index contributed by atoms with van der Waals surface area (Å²) in [6.45, 7) is 1.75. The quantitative estimate of drug-likeness (QED) is 0.103. The average Bonchev–Trinajstić information content (AvgIpc) is 3.52. The first-order valence-electron chi connectivity index (χ1n) is 12.3. The number of benzene rings is 2. The molecule has 0 fully saturated rings. The summed E-state index contributed by atoms with van der Waals surface area (Å²) in [5, 5.41) is 17.5. The molecule has 4 aromatic rings. The van der Waals surface area contributed by atoms with Gasteiger partial charge in [0.15, 0.2) is 11.4 Å². The van der Waals surface area contributed by atoms with Gasteiger partial charge in [-0.05, 0) is 36.0 Å². The van der Waals surface area contributed by atoms with E-state index in [0.29, 0.717) is 22.6 Å². The number of hydrogen-bond donors (Lipinski definition) is 0. The first-order valence-corrected chi connectivity index (χ1v) is 12.3. The summed E-state index contributed by atoms with van der Waals surface area (Å²) in [6, 6.07) is 18.0. The topological polar surface area (TPSA) is 132 Å². The third-order valence-corrected chi connectivity index (χ3v) is 6.30. The number of carbonyl (C=O) groups excluding carboxylic acids is 3. The van der Waals surface area contributed by atoms with Crippen LogP contribution < -0.4 is 15.0 Å². The van der Waals surface area contributed by atoms with Crippen molar-refractivity contribution in [2.24, 2.45) is 0 Å². The molecule has 0 aliphatic heterocycles. The first kappa shape index (κ1) is 28.6. The van der Waals surface area contributed by atoms with Crippen LogP contribution in [0.15, 0.2) is 78.8 Å². The van der Waals surface area contributed by atoms with E-state index in [4.69, 9.17) is 24.0 Å². The largest absolute Gasteiger partial charge is 0.617 e. The number of rotatable bonds is 8. The standard InChI is InChI=1S/C30H27N3O8/c1-18-32-27(22(30(37)41-5)17-24(35)39-3)25(19-12-8-6-9-13-19)26(21(29(36)40-4)16-23(34)38-2)28(32)31-33(18)20-14-10-7-11-15-20/h6-17H,1-5H3. The Kier molecular flexibility index (Phi) is 8.47. The van der Waals surface area contributed by atoms with Crippen molar-refractivity contribution in [3.05, 3.63) is 95.5 Å². The van der Waals surface area contributed by atoms with Crippen LogP contribution in [0.25, 0.3) is 33.6 Å². The predicted octanol–water partition coefficient (Wildman–Crippen LogP) is 1.21. The van der Waals surface area contributed by atoms with Gasteiger partial charge in [-0.15, -0.1) is 0 Å². The second kappa shape index (κ2) is 12.2. The van der Waals surface area contributed by atoms with Gasteiger partial charge >= 0.3 is 17.9 Å². The maximum absolute atomic E-state index is 13.3. The Morgan fingerprint density at radius 2 is 1.44 bits per heavy atom. The molecule has 41 heavy (non-hydrogen) atoms. The Morgan fingerprint density at radius 1 is 0.829 bits per heavy atom. The fourth-order valence-corrected chi connectivity index (χ4v) is 4.47. The molecule has 0 amide bonds. The third-order valence-electron chi connectivity index (χ3n) is 6.30. The molecule has 2 aromatic carbocycles. The second-order valence-electron chi connectivity index (χ2n) is 8.56. The average molecular weight is 558 g/mol. The molecule has 4 rings (SSSR count). The van der Waals surface area contributed by atoms with Gasteiger partial charge in [-0.2, -0.15) is 4.40 Å². The van der Waals surface area contributed by atoms with Crippen molar-refractivity contribution in [1.82, 2.24) is 9.50 Å². The van der Waals surface area contributed by atoms with Crippen molar-refractivity contribution in [2.75, 3.05) is 28.4 Å². The number of nitrogens with zero attached hydrogens (tertiary/aromatic N) is 3. The molecule has 0 aliphatic rings. The third kappa shape index (κ3) is 5.37. The van der Waals surface area contributed by atoms with Crippen LogP contribution in [0, 0.1) is 6.92 Å². The van der Waals surface area contributed by atoms with E-state index in [1.165, 1.54) is 28.4 Å². The molecule has 0 atom stereocenters. The molecule has 2 aromatic heterocycles. The minimum absolute atomic E-state index is 0.168. The zero-order valence-electron chi connectivity index (χ0n) is 23.0. The molecule has 210 valence electrons. The van der Waals surface area contributed by atoms with E-state index in [1.54, 1.807) is 46.3 Å². The molecule has 0 bridgehead atoms. The fraction of sp³-hybridized carbons (Fsp3) is 0.167. The molecular formula is C30H27N3O8. The number of esters is 3. The number of para-hydroxylation sites is 1. The Hall–Kier alpha value is -5.45. The fourth-order valence-electron chi connectivity index (χ4n) is 4.47. The normalized spacial score (nSPS) is 12.6. The summed E-state index contributed by atoms with van der Waals surface area (Å²) in [7, 11) is 4.71. The molecule has 0 aliphatic carbocycles. The lowest BCUT2D eigenvalue weighted by Crippen LogP contribution is -2.36. The van der Waals surface area contributed by atoms with Crippen LogP contribution in [-0.4, -0.2) is 55.8 Å². The number of hydrogen-bond acceptors (Lipinski definition) is 9. The summed E-state index contributed by atoms with van der Waals surface area (Å²) in [6.07, 6.45) is 2.00. The monoisotopic (exact) mass is 557 g/mol. The highest BCUT2D eigenvalue weighted by molar-refractivity contribution is 6.23. The van der Waals surface area contributed by atoms with Crippen LogP contribution >= 0.6 is 0 Å². The van der Waals surface area contributed by atoms with Crippen molar-refractivity contribution in [3.8, 4) is 16.8 Å². The van der Waals surface area contributed by atoms with Crippen molar-refractivity contribution in [1.29, 1.82) is 0 Å². The van der Waals surface area contributed by atoms with Crippen LogP contribution in [0.4, 0.5) is 0 Å². The highest BCUT2D eigenvalue weighted by Gasteiger charge is 2.36. The molecule has 0 N–H and O–H groups in total. The Labute approximate surface area is 235 Å². The Balaban J connectivity index is 2.39. The number of aromatic nitrogens is 3. The predicted molar refractivity (Wildman–Crippen MR) is 145 cm³/mol. The van der Waals surface area contributed by atoms with E-state index in [0.717, 1.165) is 12.2 Å². The minimum atomic E-state index is -0.852. The van der Waals surface area contributed by atoms with Gasteiger partial charge in [0.05, 0.1) is 38.1 Å². The van der Waals surface area contributed by atoms with E-state index >= 15 is 0 Å². The van der Waals surface area contributed by atoms with Crippen molar-refractivity contribution in [2.45, 2.75) is 6.92 Å². The molecule has 0 saturated carbocycles. The van der Waals surface area contributed by atoms with E-state index < -0.39 is 23.9 Å². The van der Waals surface area contributed by atoms with Crippen LogP contribution in [0.1, 0.15) is 11.5 Å². The number of fused-ring (bicyclic) bond motifs is 1. The summed E-state index contributed by atoms with van der Waals surface area (Å²) in [4.78, 5) is 39.0. The van der Waals surface area contributed by atoms with Crippen LogP contribution in [-0.2, 0) is 33.3 Å². The van der Waals surface area contributed by atoms with Crippen LogP contribution in [0.3, 0.4) is 0 Å². The summed E-state index contributed by atoms with van der Waals surface area (Å²) >= 11 is 0. The molecule has 11 nitrogen and oxygen atoms in total. The summed E-state index contributed by atoms with van der Waals surface area (Å²) in [5.74, 6) is -2.82. The lowest BCUT2D eigenvalue weighted by Gasteiger charge is -2.10. The number of ether oxygens (including phenoxy) is 4. The Morgan fingerprint density at radius 3 is 2.00 bits per heavy atom. The van der Waals surface area contributed by atoms with Crippen molar-refractivity contribution < 1.29 is 43.1 Å². The van der Waals surface area contributed by atoms with Gasteiger partial charge in [-0.1, -0.05) is 53.2 Å². The van der Waals surface area contributed by atoms with Gasteiger partial charge in [0.2, 0.25) is 0 Å². The molecule has 11 heteroatoms. The van der Waals surface area contributed by atoms with Gasteiger partial charge in [0.25, 0.3) is 11.5 Å². The van der Waals surface area contributed by atoms with Gasteiger partial charge in [-0.3, -0.25) is 0 Å². The SMILES string of the molecule is COC(=O)/C=C(/C(=O)OC)c1c(-c2ccccc2)/c(=C(\C=C(\[O-])OC)C(=O)OC)c2n[n+](-c3ccccc3)c(C)n12. The minimum Gasteiger partial charge on any atom is -0.617 e. The highest BCUT2D eigenvalue weighted by atomic mass is 16.6. The van der Waals surface area contributed by atoms with E-state index in [2.05, 4.69) is 0 Å². The first-order chi connectivity index (χ1) is 19.8. The molecular weight excluding hydrogens is 530 g/mol.